The van der Waals surface area contributed by atoms with Crippen molar-refractivity contribution in [2.75, 3.05) is 17.2 Å². The highest BCUT2D eigenvalue weighted by atomic mass is 19.4. The van der Waals surface area contributed by atoms with Gasteiger partial charge in [0.05, 0.1) is 17.9 Å². The van der Waals surface area contributed by atoms with Crippen LogP contribution in [-0.4, -0.2) is 42.4 Å². The van der Waals surface area contributed by atoms with Crippen molar-refractivity contribution in [1.29, 1.82) is 0 Å². The summed E-state index contributed by atoms with van der Waals surface area (Å²) in [6, 6.07) is 6.45. The van der Waals surface area contributed by atoms with Crippen LogP contribution in [0.1, 0.15) is 17.2 Å². The molecule has 10 nitrogen and oxygen atoms in total. The molecule has 0 aliphatic heterocycles. The second kappa shape index (κ2) is 8.61. The lowest BCUT2D eigenvalue weighted by Crippen LogP contribution is -2.32. The van der Waals surface area contributed by atoms with Crippen molar-refractivity contribution >= 4 is 28.9 Å². The molecule has 1 aromatic carbocycles. The molecule has 6 N–H and O–H groups in total. The largest absolute Gasteiger partial charge is 0.416 e. The quantitative estimate of drug-likeness (QED) is 0.347. The molecule has 176 valence electrons. The Balaban J connectivity index is 1.81. The molecular formula is C21H18F3N7O3. The van der Waals surface area contributed by atoms with Crippen LogP contribution in [0, 0.1) is 0 Å². The van der Waals surface area contributed by atoms with Gasteiger partial charge < -0.3 is 21.7 Å². The molecule has 4 rings (SSSR count). The molecule has 0 aliphatic rings. The predicted octanol–water partition coefficient (Wildman–Crippen LogP) is 2.63. The zero-order valence-corrected chi connectivity index (χ0v) is 17.3. The number of alkyl halides is 3. The van der Waals surface area contributed by atoms with E-state index in [-0.39, 0.29) is 17.3 Å². The number of anilines is 3. The van der Waals surface area contributed by atoms with E-state index in [1.54, 1.807) is 12.1 Å². The first-order chi connectivity index (χ1) is 16.1. The number of nitrogen functional groups attached to an aromatic ring is 1. The first kappa shape index (κ1) is 22.9. The topological polar surface area (TPSA) is 156 Å². The van der Waals surface area contributed by atoms with Gasteiger partial charge in [-0.3, -0.25) is 0 Å². The SMILES string of the molecule is NC(=O)N(c1ccc(-c2c(C(O)CO)cn3ncnc(N)c23)cc1)c1cc(C(F)(F)F)ccn1. The highest BCUT2D eigenvalue weighted by Gasteiger charge is 2.32. The average molecular weight is 473 g/mol. The van der Waals surface area contributed by atoms with Crippen LogP contribution in [0.4, 0.5) is 35.3 Å². The van der Waals surface area contributed by atoms with E-state index >= 15 is 0 Å². The number of urea groups is 1. The molecule has 2 amide bonds. The van der Waals surface area contributed by atoms with Crippen molar-refractivity contribution in [3.63, 3.8) is 0 Å². The predicted molar refractivity (Wildman–Crippen MR) is 116 cm³/mol. The highest BCUT2D eigenvalue weighted by Crippen LogP contribution is 2.37. The number of fused-ring (bicyclic) bond motifs is 1. The molecule has 0 radical (unpaired) electrons. The number of rotatable bonds is 5. The van der Waals surface area contributed by atoms with E-state index in [1.165, 1.54) is 29.2 Å². The van der Waals surface area contributed by atoms with Gasteiger partial charge in [-0.25, -0.2) is 24.2 Å². The fraction of sp³-hybridized carbons (Fsp3) is 0.143. The number of hydrogen-bond donors (Lipinski definition) is 4. The number of primary amides is 1. The lowest BCUT2D eigenvalue weighted by Gasteiger charge is -2.21. The Morgan fingerprint density at radius 2 is 1.88 bits per heavy atom. The van der Waals surface area contributed by atoms with Gasteiger partial charge in [-0.1, -0.05) is 12.1 Å². The minimum Gasteiger partial charge on any atom is -0.393 e. The maximum absolute atomic E-state index is 13.1. The van der Waals surface area contributed by atoms with Gasteiger partial charge in [-0.2, -0.15) is 18.3 Å². The molecule has 0 saturated heterocycles. The van der Waals surface area contributed by atoms with E-state index in [1.807, 2.05) is 0 Å². The Labute approximate surface area is 189 Å². The molecule has 1 unspecified atom stereocenters. The smallest absolute Gasteiger partial charge is 0.393 e. The van der Waals surface area contributed by atoms with Gasteiger partial charge in [0.1, 0.15) is 23.8 Å². The molecule has 13 heteroatoms. The van der Waals surface area contributed by atoms with Crippen molar-refractivity contribution < 1.29 is 28.2 Å². The Morgan fingerprint density at radius 1 is 1.18 bits per heavy atom. The summed E-state index contributed by atoms with van der Waals surface area (Å²) < 4.78 is 40.7. The fourth-order valence-corrected chi connectivity index (χ4v) is 3.57. The molecule has 1 atom stereocenters. The van der Waals surface area contributed by atoms with Crippen LogP contribution in [0.3, 0.4) is 0 Å². The number of pyridine rings is 1. The first-order valence-corrected chi connectivity index (χ1v) is 9.75. The summed E-state index contributed by atoms with van der Waals surface area (Å²) in [6.07, 6.45) is -2.21. The second-order valence-corrected chi connectivity index (χ2v) is 7.22. The van der Waals surface area contributed by atoms with Gasteiger partial charge in [0.15, 0.2) is 5.82 Å². The van der Waals surface area contributed by atoms with Crippen LogP contribution < -0.4 is 16.4 Å². The molecule has 0 saturated carbocycles. The van der Waals surface area contributed by atoms with E-state index in [9.17, 15) is 28.2 Å². The third kappa shape index (κ3) is 4.09. The number of nitrogens with two attached hydrogens (primary N) is 2. The maximum Gasteiger partial charge on any atom is 0.416 e. The second-order valence-electron chi connectivity index (χ2n) is 7.22. The zero-order chi connectivity index (χ0) is 24.6. The maximum atomic E-state index is 13.1. The summed E-state index contributed by atoms with van der Waals surface area (Å²) in [5, 5.41) is 23.8. The van der Waals surface area contributed by atoms with E-state index in [4.69, 9.17) is 11.5 Å². The Morgan fingerprint density at radius 3 is 2.50 bits per heavy atom. The fourth-order valence-electron chi connectivity index (χ4n) is 3.57. The summed E-state index contributed by atoms with van der Waals surface area (Å²) in [5.41, 5.74) is 12.3. The minimum atomic E-state index is -4.63. The van der Waals surface area contributed by atoms with Gasteiger partial charge in [0.2, 0.25) is 0 Å². The lowest BCUT2D eigenvalue weighted by atomic mass is 9.99. The molecule has 0 fully saturated rings. The number of aliphatic hydroxyl groups is 2. The Bertz CT molecular complexity index is 1360. The number of carbonyl (C=O) groups is 1. The van der Waals surface area contributed by atoms with Gasteiger partial charge in [-0.15, -0.1) is 0 Å². The third-order valence-corrected chi connectivity index (χ3v) is 5.10. The van der Waals surface area contributed by atoms with Crippen molar-refractivity contribution in [2.24, 2.45) is 5.73 Å². The summed E-state index contributed by atoms with van der Waals surface area (Å²) in [5.74, 6) is -0.184. The number of carbonyl (C=O) groups excluding carboxylic acids is 1. The molecular weight excluding hydrogens is 455 g/mol. The van der Waals surface area contributed by atoms with Crippen molar-refractivity contribution in [1.82, 2.24) is 19.6 Å². The van der Waals surface area contributed by atoms with Crippen LogP contribution in [0.15, 0.2) is 55.1 Å². The standard InChI is InChI=1S/C21H18F3N7O3/c22-21(23,24)12-5-6-27-16(7-12)31(20(26)34)13-3-1-11(2-4-13)17-14(15(33)9-32)8-30-18(17)19(25)28-10-29-30/h1-8,10,15,32-33H,9H2,(H2,26,34)(H2,25,28,29). The molecule has 3 aromatic heterocycles. The Hall–Kier alpha value is -4.23. The normalized spacial score (nSPS) is 12.6. The molecule has 0 spiro atoms. The molecule has 0 aliphatic carbocycles. The zero-order valence-electron chi connectivity index (χ0n) is 17.3. The van der Waals surface area contributed by atoms with Crippen molar-refractivity contribution in [3.8, 4) is 11.1 Å². The summed E-state index contributed by atoms with van der Waals surface area (Å²) in [6.45, 7) is -0.564. The Kier molecular flexibility index (Phi) is 5.81. The molecule has 4 aromatic rings. The van der Waals surface area contributed by atoms with Gasteiger partial charge >= 0.3 is 12.2 Å². The monoisotopic (exact) mass is 473 g/mol. The number of aromatic nitrogens is 4. The van der Waals surface area contributed by atoms with Crippen LogP contribution in [0.25, 0.3) is 16.6 Å². The summed E-state index contributed by atoms with van der Waals surface area (Å²) in [4.78, 5) is 20.8. The lowest BCUT2D eigenvalue weighted by molar-refractivity contribution is -0.137. The van der Waals surface area contributed by atoms with Crippen molar-refractivity contribution in [3.05, 3.63) is 66.2 Å². The van der Waals surface area contributed by atoms with Crippen LogP contribution >= 0.6 is 0 Å². The van der Waals surface area contributed by atoms with Gasteiger partial charge in [0, 0.05) is 23.5 Å². The molecule has 34 heavy (non-hydrogen) atoms. The molecule has 3 heterocycles. The van der Waals surface area contributed by atoms with E-state index in [2.05, 4.69) is 15.1 Å². The van der Waals surface area contributed by atoms with Crippen molar-refractivity contribution in [2.45, 2.75) is 12.3 Å². The van der Waals surface area contributed by atoms with Crippen LogP contribution in [0.5, 0.6) is 0 Å². The number of aliphatic hydroxyl groups excluding tert-OH is 2. The summed E-state index contributed by atoms with van der Waals surface area (Å²) in [7, 11) is 0. The summed E-state index contributed by atoms with van der Waals surface area (Å²) >= 11 is 0. The van der Waals surface area contributed by atoms with Crippen LogP contribution in [0.2, 0.25) is 0 Å². The van der Waals surface area contributed by atoms with E-state index < -0.39 is 30.5 Å². The number of hydrogen-bond acceptors (Lipinski definition) is 7. The average Bonchev–Trinajstić information content (AvgIpc) is 3.19. The van der Waals surface area contributed by atoms with E-state index in [0.717, 1.165) is 17.2 Å². The van der Waals surface area contributed by atoms with E-state index in [0.29, 0.717) is 28.3 Å². The number of benzene rings is 1. The molecule has 0 bridgehead atoms. The van der Waals surface area contributed by atoms with Crippen LogP contribution in [-0.2, 0) is 6.18 Å². The number of halogens is 3. The first-order valence-electron chi connectivity index (χ1n) is 9.75. The van der Waals surface area contributed by atoms with Gasteiger partial charge in [0.25, 0.3) is 0 Å². The number of nitrogens with zero attached hydrogens (tertiary/aromatic N) is 5. The number of amides is 2. The van der Waals surface area contributed by atoms with Gasteiger partial charge in [-0.05, 0) is 29.8 Å². The highest BCUT2D eigenvalue weighted by molar-refractivity contribution is 5.98. The minimum absolute atomic E-state index is 0.123. The third-order valence-electron chi connectivity index (χ3n) is 5.10.